The highest BCUT2D eigenvalue weighted by atomic mass is 16.6. The van der Waals surface area contributed by atoms with Crippen molar-refractivity contribution in [3.05, 3.63) is 63.7 Å². The molecule has 0 amide bonds. The zero-order valence-electron chi connectivity index (χ0n) is 12.0. The molecule has 2 rings (SSSR count). The van der Waals surface area contributed by atoms with Crippen LogP contribution >= 0.6 is 0 Å². The number of aryl methyl sites for hydroxylation is 1. The van der Waals surface area contributed by atoms with Crippen LogP contribution in [0.15, 0.2) is 42.5 Å². The molecule has 0 fully saturated rings. The number of hydrazine groups is 1. The van der Waals surface area contributed by atoms with Crippen molar-refractivity contribution in [2.45, 2.75) is 13.5 Å². The molecule has 6 nitrogen and oxygen atoms in total. The number of rotatable bonds is 5. The number of anilines is 2. The van der Waals surface area contributed by atoms with E-state index < -0.39 is 4.92 Å². The summed E-state index contributed by atoms with van der Waals surface area (Å²) in [6, 6.07) is 13.0. The maximum Gasteiger partial charge on any atom is 0.293 e. The maximum absolute atomic E-state index is 11.0. The number of hydrogen-bond donors (Lipinski definition) is 2. The van der Waals surface area contributed by atoms with Gasteiger partial charge in [-0.05, 0) is 19.1 Å². The van der Waals surface area contributed by atoms with Crippen LogP contribution in [0.2, 0.25) is 0 Å². The van der Waals surface area contributed by atoms with Crippen LogP contribution in [0.1, 0.15) is 11.1 Å². The Morgan fingerprint density at radius 1 is 1.24 bits per heavy atom. The summed E-state index contributed by atoms with van der Waals surface area (Å²) in [5.41, 5.74) is 5.77. The van der Waals surface area contributed by atoms with Crippen molar-refractivity contribution in [3.8, 4) is 0 Å². The fourth-order valence-corrected chi connectivity index (χ4v) is 2.18. The Bertz CT molecular complexity index is 641. The number of benzene rings is 2. The molecule has 21 heavy (non-hydrogen) atoms. The van der Waals surface area contributed by atoms with Gasteiger partial charge >= 0.3 is 0 Å². The van der Waals surface area contributed by atoms with Crippen molar-refractivity contribution in [3.63, 3.8) is 0 Å². The molecule has 2 aromatic rings. The van der Waals surface area contributed by atoms with E-state index in [1.807, 2.05) is 49.2 Å². The average molecular weight is 286 g/mol. The molecule has 0 atom stereocenters. The van der Waals surface area contributed by atoms with Gasteiger partial charge < -0.3 is 10.3 Å². The Morgan fingerprint density at radius 3 is 2.48 bits per heavy atom. The Morgan fingerprint density at radius 2 is 1.90 bits per heavy atom. The summed E-state index contributed by atoms with van der Waals surface area (Å²) >= 11 is 0. The van der Waals surface area contributed by atoms with E-state index in [2.05, 4.69) is 5.43 Å². The molecule has 0 spiro atoms. The number of nitrogen functional groups attached to an aromatic ring is 1. The molecule has 0 aliphatic rings. The van der Waals surface area contributed by atoms with Crippen LogP contribution in [-0.4, -0.2) is 12.0 Å². The molecule has 0 radical (unpaired) electrons. The summed E-state index contributed by atoms with van der Waals surface area (Å²) in [7, 11) is 1.93. The van der Waals surface area contributed by atoms with Crippen molar-refractivity contribution < 1.29 is 4.92 Å². The Kier molecular flexibility index (Phi) is 4.39. The van der Waals surface area contributed by atoms with Crippen molar-refractivity contribution in [2.24, 2.45) is 5.84 Å². The zero-order chi connectivity index (χ0) is 15.4. The molecule has 3 N–H and O–H groups in total. The van der Waals surface area contributed by atoms with Crippen LogP contribution in [0.5, 0.6) is 0 Å². The number of nitrogens with zero attached hydrogens (tertiary/aromatic N) is 2. The maximum atomic E-state index is 11.0. The van der Waals surface area contributed by atoms with E-state index >= 15 is 0 Å². The first-order chi connectivity index (χ1) is 10.0. The van der Waals surface area contributed by atoms with Gasteiger partial charge in [0.25, 0.3) is 5.69 Å². The largest absolute Gasteiger partial charge is 0.370 e. The van der Waals surface area contributed by atoms with Crippen LogP contribution in [0.3, 0.4) is 0 Å². The highest BCUT2D eigenvalue weighted by Crippen LogP contribution is 2.29. The first-order valence-electron chi connectivity index (χ1n) is 6.53. The molecule has 0 saturated heterocycles. The predicted octanol–water partition coefficient (Wildman–Crippen LogP) is 2.83. The molecule has 0 aliphatic carbocycles. The van der Waals surface area contributed by atoms with Gasteiger partial charge in [-0.2, -0.15) is 0 Å². The SMILES string of the molecule is Cc1ccc(N(C)Cc2cccc([N+](=O)[O-])c2NN)cc1. The molecular weight excluding hydrogens is 268 g/mol. The fraction of sp³-hybridized carbons (Fsp3) is 0.200. The minimum atomic E-state index is -0.440. The number of nitro groups is 1. The smallest absolute Gasteiger partial charge is 0.293 e. The van der Waals surface area contributed by atoms with Gasteiger partial charge in [-0.1, -0.05) is 29.8 Å². The summed E-state index contributed by atoms with van der Waals surface area (Å²) in [6.07, 6.45) is 0. The van der Waals surface area contributed by atoms with E-state index in [9.17, 15) is 10.1 Å². The van der Waals surface area contributed by atoms with Gasteiger partial charge in [0.1, 0.15) is 5.69 Å². The minimum absolute atomic E-state index is 0.0210. The summed E-state index contributed by atoms with van der Waals surface area (Å²) in [4.78, 5) is 12.6. The predicted molar refractivity (Wildman–Crippen MR) is 84.2 cm³/mol. The monoisotopic (exact) mass is 286 g/mol. The van der Waals surface area contributed by atoms with Gasteiger partial charge in [-0.3, -0.25) is 16.0 Å². The Balaban J connectivity index is 2.28. The van der Waals surface area contributed by atoms with Gasteiger partial charge in [0.2, 0.25) is 0 Å². The summed E-state index contributed by atoms with van der Waals surface area (Å²) < 4.78 is 0. The topological polar surface area (TPSA) is 84.4 Å². The lowest BCUT2D eigenvalue weighted by Gasteiger charge is -2.21. The third kappa shape index (κ3) is 3.29. The number of para-hydroxylation sites is 1. The molecule has 0 saturated carbocycles. The van der Waals surface area contributed by atoms with Gasteiger partial charge in [0.15, 0.2) is 0 Å². The lowest BCUT2D eigenvalue weighted by molar-refractivity contribution is -0.384. The van der Waals surface area contributed by atoms with Crippen molar-refractivity contribution in [2.75, 3.05) is 17.4 Å². The van der Waals surface area contributed by atoms with E-state index in [-0.39, 0.29) is 5.69 Å². The van der Waals surface area contributed by atoms with Crippen molar-refractivity contribution in [1.82, 2.24) is 0 Å². The summed E-state index contributed by atoms with van der Waals surface area (Å²) in [6.45, 7) is 2.55. The number of nitrogens with two attached hydrogens (primary N) is 1. The van der Waals surface area contributed by atoms with Crippen molar-refractivity contribution >= 4 is 17.1 Å². The molecule has 0 unspecified atom stereocenters. The van der Waals surface area contributed by atoms with Gasteiger partial charge in [0.05, 0.1) is 4.92 Å². The molecule has 0 bridgehead atoms. The van der Waals surface area contributed by atoms with Crippen molar-refractivity contribution in [1.29, 1.82) is 0 Å². The number of hydrogen-bond acceptors (Lipinski definition) is 5. The van der Waals surface area contributed by atoms with Crippen LogP contribution in [0.25, 0.3) is 0 Å². The van der Waals surface area contributed by atoms with E-state index in [4.69, 9.17) is 5.84 Å². The highest BCUT2D eigenvalue weighted by molar-refractivity contribution is 5.66. The van der Waals surface area contributed by atoms with E-state index in [0.29, 0.717) is 12.2 Å². The molecule has 0 heterocycles. The zero-order valence-corrected chi connectivity index (χ0v) is 12.0. The first kappa shape index (κ1) is 14.8. The first-order valence-corrected chi connectivity index (χ1v) is 6.53. The second-order valence-electron chi connectivity index (χ2n) is 4.90. The molecule has 0 aliphatic heterocycles. The third-order valence-electron chi connectivity index (χ3n) is 3.35. The Hall–Kier alpha value is -2.60. The summed E-state index contributed by atoms with van der Waals surface area (Å²) in [5, 5.41) is 11.0. The van der Waals surface area contributed by atoms with Gasteiger partial charge in [0, 0.05) is 30.9 Å². The minimum Gasteiger partial charge on any atom is -0.370 e. The molecule has 0 aromatic heterocycles. The van der Waals surface area contributed by atoms with Gasteiger partial charge in [-0.25, -0.2) is 0 Å². The van der Waals surface area contributed by atoms with Crippen LogP contribution in [0, 0.1) is 17.0 Å². The lowest BCUT2D eigenvalue weighted by Crippen LogP contribution is -2.19. The normalized spacial score (nSPS) is 10.2. The second-order valence-corrected chi connectivity index (χ2v) is 4.90. The molecule has 2 aromatic carbocycles. The molecule has 6 heteroatoms. The quantitative estimate of drug-likeness (QED) is 0.501. The van der Waals surface area contributed by atoms with Crippen LogP contribution in [0.4, 0.5) is 17.1 Å². The van der Waals surface area contributed by atoms with Crippen LogP contribution in [-0.2, 0) is 6.54 Å². The molecule has 110 valence electrons. The van der Waals surface area contributed by atoms with Gasteiger partial charge in [-0.15, -0.1) is 0 Å². The number of nitrogens with one attached hydrogen (secondary N) is 1. The third-order valence-corrected chi connectivity index (χ3v) is 3.35. The fourth-order valence-electron chi connectivity index (χ4n) is 2.18. The summed E-state index contributed by atoms with van der Waals surface area (Å²) in [5.74, 6) is 5.45. The molecular formula is C15H18N4O2. The van der Waals surface area contributed by atoms with E-state index in [1.165, 1.54) is 11.6 Å². The van der Waals surface area contributed by atoms with E-state index in [0.717, 1.165) is 11.3 Å². The second kappa shape index (κ2) is 6.23. The van der Waals surface area contributed by atoms with E-state index in [1.54, 1.807) is 6.07 Å². The highest BCUT2D eigenvalue weighted by Gasteiger charge is 2.17. The number of nitro benzene ring substituents is 1. The lowest BCUT2D eigenvalue weighted by atomic mass is 10.1. The Labute approximate surface area is 123 Å². The average Bonchev–Trinajstić information content (AvgIpc) is 2.47. The standard InChI is InChI=1S/C15H18N4O2/c1-11-6-8-13(9-7-11)18(2)10-12-4-3-5-14(19(20)21)15(12)17-16/h3-9,17H,10,16H2,1-2H3. The van der Waals surface area contributed by atoms with Crippen LogP contribution < -0.4 is 16.2 Å².